The van der Waals surface area contributed by atoms with Gasteiger partial charge in [-0.25, -0.2) is 0 Å². The van der Waals surface area contributed by atoms with Crippen LogP contribution in [0.25, 0.3) is 0 Å². The van der Waals surface area contributed by atoms with Gasteiger partial charge in [0.25, 0.3) is 5.91 Å². The molecule has 0 saturated carbocycles. The Kier molecular flexibility index (Phi) is 4.64. The van der Waals surface area contributed by atoms with Crippen LogP contribution in [0.15, 0.2) is 6.07 Å². The van der Waals surface area contributed by atoms with E-state index in [9.17, 15) is 9.59 Å². The quantitative estimate of drug-likeness (QED) is 0.764. The molecule has 0 atom stereocenters. The normalized spacial score (nSPS) is 9.94. The highest BCUT2D eigenvalue weighted by Crippen LogP contribution is 2.21. The summed E-state index contributed by atoms with van der Waals surface area (Å²) in [7, 11) is 0. The molecule has 0 bridgehead atoms. The van der Waals surface area contributed by atoms with Gasteiger partial charge in [0.15, 0.2) is 0 Å². The molecule has 7 heteroatoms. The Morgan fingerprint density at radius 3 is 2.56 bits per heavy atom. The largest absolute Gasteiger partial charge is 0.355 e. The molecule has 5 nitrogen and oxygen atoms in total. The van der Waals surface area contributed by atoms with Gasteiger partial charge in [0.2, 0.25) is 5.91 Å². The minimum Gasteiger partial charge on any atom is -0.355 e. The first kappa shape index (κ1) is 12.9. The van der Waals surface area contributed by atoms with E-state index in [1.54, 1.807) is 6.92 Å². The number of amides is 2. The molecule has 0 aliphatic heterocycles. The number of hydrogen-bond donors (Lipinski definition) is 3. The number of rotatable bonds is 4. The summed E-state index contributed by atoms with van der Waals surface area (Å²) < 4.78 is 0. The van der Waals surface area contributed by atoms with Crippen LogP contribution in [0.1, 0.15) is 17.4 Å². The number of carbonyl (C=O) groups is 2. The zero-order chi connectivity index (χ0) is 12.1. The topological polar surface area (TPSA) is 74.0 Å². The molecule has 16 heavy (non-hydrogen) atoms. The van der Waals surface area contributed by atoms with Crippen molar-refractivity contribution in [2.24, 2.45) is 0 Å². The summed E-state index contributed by atoms with van der Waals surface area (Å²) in [5.41, 5.74) is 0.222. The van der Waals surface area contributed by atoms with Gasteiger partial charge in [-0.3, -0.25) is 9.59 Å². The first-order chi connectivity index (χ1) is 7.54. The third-order valence-corrected chi connectivity index (χ3v) is 2.45. The molecule has 0 saturated heterocycles. The maximum Gasteiger partial charge on any atom is 0.268 e. The number of halogens is 2. The predicted molar refractivity (Wildman–Crippen MR) is 61.8 cm³/mol. The Balaban J connectivity index is 2.50. The summed E-state index contributed by atoms with van der Waals surface area (Å²) in [5.74, 6) is -0.681. The first-order valence-corrected chi connectivity index (χ1v) is 5.39. The summed E-state index contributed by atoms with van der Waals surface area (Å²) in [6.07, 6.45) is 0. The third-order valence-electron chi connectivity index (χ3n) is 1.75. The number of aromatic nitrogens is 1. The van der Waals surface area contributed by atoms with E-state index in [-0.39, 0.29) is 28.3 Å². The molecule has 0 spiro atoms. The Labute approximate surface area is 102 Å². The van der Waals surface area contributed by atoms with Gasteiger partial charge in [-0.05, 0) is 13.0 Å². The fourth-order valence-electron chi connectivity index (χ4n) is 1.04. The molecule has 0 fully saturated rings. The highest BCUT2D eigenvalue weighted by Gasteiger charge is 2.12. The van der Waals surface area contributed by atoms with Gasteiger partial charge in [-0.2, -0.15) is 0 Å². The Morgan fingerprint density at radius 1 is 1.38 bits per heavy atom. The maximum atomic E-state index is 11.5. The van der Waals surface area contributed by atoms with Crippen LogP contribution >= 0.6 is 23.2 Å². The van der Waals surface area contributed by atoms with E-state index in [0.29, 0.717) is 6.54 Å². The average molecular weight is 264 g/mol. The third kappa shape index (κ3) is 3.43. The second-order valence-electron chi connectivity index (χ2n) is 2.98. The number of likely N-dealkylation sites (N-methyl/N-ethyl adjacent to an activating group) is 1. The molecule has 0 radical (unpaired) electrons. The molecule has 0 aliphatic rings. The van der Waals surface area contributed by atoms with Crippen LogP contribution in [0, 0.1) is 0 Å². The summed E-state index contributed by atoms with van der Waals surface area (Å²) in [5, 5.41) is 5.44. The highest BCUT2D eigenvalue weighted by molar-refractivity contribution is 6.41. The molecule has 1 aromatic heterocycles. The molecule has 3 N–H and O–H groups in total. The molecule has 0 unspecified atom stereocenters. The van der Waals surface area contributed by atoms with Gasteiger partial charge in [-0.1, -0.05) is 23.2 Å². The molecular formula is C9H11Cl2N3O2. The van der Waals surface area contributed by atoms with E-state index in [1.807, 2.05) is 0 Å². The second-order valence-corrected chi connectivity index (χ2v) is 3.77. The maximum absolute atomic E-state index is 11.5. The lowest BCUT2D eigenvalue weighted by Gasteiger charge is -2.03. The zero-order valence-corrected chi connectivity index (χ0v) is 10.1. The van der Waals surface area contributed by atoms with Crippen molar-refractivity contribution < 1.29 is 9.59 Å². The van der Waals surface area contributed by atoms with E-state index in [1.165, 1.54) is 6.07 Å². The van der Waals surface area contributed by atoms with Gasteiger partial charge in [0, 0.05) is 6.54 Å². The zero-order valence-electron chi connectivity index (χ0n) is 8.56. The van der Waals surface area contributed by atoms with Crippen molar-refractivity contribution in [2.75, 3.05) is 13.1 Å². The van der Waals surface area contributed by atoms with Crippen molar-refractivity contribution in [2.45, 2.75) is 6.92 Å². The minimum atomic E-state index is -0.431. The van der Waals surface area contributed by atoms with Crippen LogP contribution in [-0.2, 0) is 4.79 Å². The lowest BCUT2D eigenvalue weighted by Crippen LogP contribution is -2.36. The van der Waals surface area contributed by atoms with E-state index < -0.39 is 5.91 Å². The van der Waals surface area contributed by atoms with E-state index >= 15 is 0 Å². The number of aromatic amines is 1. The van der Waals surface area contributed by atoms with E-state index in [2.05, 4.69) is 15.6 Å². The number of carbonyl (C=O) groups excluding carboxylic acids is 2. The molecule has 1 aromatic rings. The van der Waals surface area contributed by atoms with Crippen molar-refractivity contribution in [3.63, 3.8) is 0 Å². The summed E-state index contributed by atoms with van der Waals surface area (Å²) in [4.78, 5) is 25.1. The molecule has 0 aliphatic carbocycles. The number of nitrogens with one attached hydrogen (secondary N) is 3. The van der Waals surface area contributed by atoms with Crippen LogP contribution < -0.4 is 10.6 Å². The van der Waals surface area contributed by atoms with Gasteiger partial charge in [-0.15, -0.1) is 0 Å². The highest BCUT2D eigenvalue weighted by atomic mass is 35.5. The summed E-state index contributed by atoms with van der Waals surface area (Å²) in [6, 6.07) is 1.40. The van der Waals surface area contributed by atoms with E-state index in [0.717, 1.165) is 0 Å². The van der Waals surface area contributed by atoms with Crippen LogP contribution in [0.4, 0.5) is 0 Å². The number of hydrogen-bond acceptors (Lipinski definition) is 2. The second kappa shape index (κ2) is 5.77. The Morgan fingerprint density at radius 2 is 2.06 bits per heavy atom. The summed E-state index contributed by atoms with van der Waals surface area (Å²) >= 11 is 11.3. The summed E-state index contributed by atoms with van der Waals surface area (Å²) in [6.45, 7) is 2.24. The predicted octanol–water partition coefficient (Wildman–Crippen LogP) is 1.19. The molecule has 2 amide bonds. The fourth-order valence-corrected chi connectivity index (χ4v) is 1.35. The van der Waals surface area contributed by atoms with Crippen molar-refractivity contribution >= 4 is 35.0 Å². The van der Waals surface area contributed by atoms with Crippen molar-refractivity contribution in [1.82, 2.24) is 15.6 Å². The smallest absolute Gasteiger partial charge is 0.268 e. The Hall–Kier alpha value is -1.20. The van der Waals surface area contributed by atoms with Crippen molar-refractivity contribution in [1.29, 1.82) is 0 Å². The van der Waals surface area contributed by atoms with Crippen molar-refractivity contribution in [3.8, 4) is 0 Å². The van der Waals surface area contributed by atoms with Gasteiger partial charge < -0.3 is 15.6 Å². The fraction of sp³-hybridized carbons (Fsp3) is 0.333. The van der Waals surface area contributed by atoms with E-state index in [4.69, 9.17) is 23.2 Å². The molecule has 0 aromatic carbocycles. The molecule has 1 rings (SSSR count). The van der Waals surface area contributed by atoms with Crippen LogP contribution in [0.5, 0.6) is 0 Å². The van der Waals surface area contributed by atoms with Crippen LogP contribution in [0.2, 0.25) is 10.2 Å². The monoisotopic (exact) mass is 263 g/mol. The van der Waals surface area contributed by atoms with Crippen LogP contribution in [-0.4, -0.2) is 29.9 Å². The Bertz CT molecular complexity index is 384. The minimum absolute atomic E-state index is 0.0824. The average Bonchev–Trinajstić information content (AvgIpc) is 2.56. The van der Waals surface area contributed by atoms with Gasteiger partial charge >= 0.3 is 0 Å². The van der Waals surface area contributed by atoms with Gasteiger partial charge in [0.05, 0.1) is 11.6 Å². The van der Waals surface area contributed by atoms with Crippen LogP contribution in [0.3, 0.4) is 0 Å². The first-order valence-electron chi connectivity index (χ1n) is 4.63. The molecular weight excluding hydrogens is 253 g/mol. The SMILES string of the molecule is CCNC(=O)CNC(=O)c1cc(Cl)c(Cl)[nH]1. The molecule has 1 heterocycles. The van der Waals surface area contributed by atoms with Crippen molar-refractivity contribution in [3.05, 3.63) is 21.9 Å². The van der Waals surface area contributed by atoms with Gasteiger partial charge in [0.1, 0.15) is 10.8 Å². The lowest BCUT2D eigenvalue weighted by molar-refractivity contribution is -0.120. The molecule has 88 valence electrons. The number of H-pyrrole nitrogens is 1. The lowest BCUT2D eigenvalue weighted by atomic mass is 10.4. The standard InChI is InChI=1S/C9H11Cl2N3O2/c1-2-12-7(15)4-13-9(16)6-3-5(10)8(11)14-6/h3,14H,2,4H2,1H3,(H,12,15)(H,13,16).